The number of hydrogen-bond acceptors (Lipinski definition) is 3. The Balaban J connectivity index is 1.41. The molecule has 0 N–H and O–H groups in total. The summed E-state index contributed by atoms with van der Waals surface area (Å²) in [6.45, 7) is 2.91. The van der Waals surface area contributed by atoms with E-state index in [1.54, 1.807) is 0 Å². The first-order valence-electron chi connectivity index (χ1n) is 8.79. The number of benzene rings is 2. The van der Waals surface area contributed by atoms with E-state index >= 15 is 0 Å². The summed E-state index contributed by atoms with van der Waals surface area (Å²) >= 11 is 8.14. The molecule has 1 aliphatic heterocycles. The molecule has 3 nitrogen and oxygen atoms in total. The predicted octanol–water partition coefficient (Wildman–Crippen LogP) is 5.27. The summed E-state index contributed by atoms with van der Waals surface area (Å²) in [6.07, 6.45) is 3.23. The van der Waals surface area contributed by atoms with Gasteiger partial charge in [0.25, 0.3) is 0 Å². The van der Waals surface area contributed by atoms with Crippen LogP contribution in [0.4, 0.5) is 0 Å². The molecule has 0 radical (unpaired) electrons. The molecule has 130 valence electrons. The number of nitrogens with zero attached hydrogens (tertiary/aromatic N) is 3. The highest BCUT2D eigenvalue weighted by molar-refractivity contribution is 7.17. The lowest BCUT2D eigenvalue weighted by Gasteiger charge is -2.26. The van der Waals surface area contributed by atoms with Gasteiger partial charge in [0.15, 0.2) is 4.96 Å². The van der Waals surface area contributed by atoms with Crippen molar-refractivity contribution in [3.05, 3.63) is 82.0 Å². The van der Waals surface area contributed by atoms with Gasteiger partial charge in [0.1, 0.15) is 0 Å². The third-order valence-corrected chi connectivity index (χ3v) is 6.40. The fourth-order valence-corrected chi connectivity index (χ4v) is 5.00. The van der Waals surface area contributed by atoms with E-state index in [1.165, 1.54) is 21.7 Å². The molecule has 2 aromatic carbocycles. The van der Waals surface area contributed by atoms with Gasteiger partial charge in [0, 0.05) is 53.4 Å². The van der Waals surface area contributed by atoms with Crippen molar-refractivity contribution in [1.29, 1.82) is 0 Å². The third kappa shape index (κ3) is 2.84. The maximum absolute atomic E-state index is 6.33. The maximum Gasteiger partial charge on any atom is 0.194 e. The van der Waals surface area contributed by atoms with Crippen LogP contribution in [-0.4, -0.2) is 20.8 Å². The molecule has 0 amide bonds. The van der Waals surface area contributed by atoms with Gasteiger partial charge in [-0.25, -0.2) is 4.98 Å². The van der Waals surface area contributed by atoms with Crippen LogP contribution < -0.4 is 0 Å². The molecular weight excluding hydrogens is 362 g/mol. The molecule has 26 heavy (non-hydrogen) atoms. The fourth-order valence-electron chi connectivity index (χ4n) is 3.61. The minimum absolute atomic E-state index is 0.854. The van der Waals surface area contributed by atoms with E-state index in [2.05, 4.69) is 51.9 Å². The van der Waals surface area contributed by atoms with Crippen LogP contribution >= 0.6 is 22.9 Å². The number of fused-ring (bicyclic) bond motifs is 3. The summed E-state index contributed by atoms with van der Waals surface area (Å²) in [7, 11) is 0. The Bertz CT molecular complexity index is 1070. The summed E-state index contributed by atoms with van der Waals surface area (Å²) in [5, 5.41) is 0.854. The zero-order valence-electron chi connectivity index (χ0n) is 14.2. The summed E-state index contributed by atoms with van der Waals surface area (Å²) in [5.41, 5.74) is 4.84. The average molecular weight is 380 g/mol. The van der Waals surface area contributed by atoms with Gasteiger partial charge in [-0.1, -0.05) is 71.5 Å². The van der Waals surface area contributed by atoms with Crippen molar-refractivity contribution in [2.45, 2.75) is 19.5 Å². The monoisotopic (exact) mass is 379 g/mol. The Morgan fingerprint density at radius 2 is 1.85 bits per heavy atom. The van der Waals surface area contributed by atoms with Gasteiger partial charge in [0.05, 0.1) is 5.69 Å². The number of thiazole rings is 1. The lowest BCUT2D eigenvalue weighted by atomic mass is 10.1. The van der Waals surface area contributed by atoms with Crippen molar-refractivity contribution in [1.82, 2.24) is 14.3 Å². The summed E-state index contributed by atoms with van der Waals surface area (Å²) in [6, 6.07) is 18.5. The SMILES string of the molecule is Clc1ccccc1CN1CCc2c(sc3nc(-c4ccccc4)cn23)C1. The molecule has 0 spiro atoms. The highest BCUT2D eigenvalue weighted by Gasteiger charge is 2.23. The molecule has 0 fully saturated rings. The molecule has 0 aliphatic carbocycles. The summed E-state index contributed by atoms with van der Waals surface area (Å²) < 4.78 is 2.29. The van der Waals surface area contributed by atoms with Crippen LogP contribution in [-0.2, 0) is 19.5 Å². The molecule has 0 saturated carbocycles. The van der Waals surface area contributed by atoms with Crippen LogP contribution in [0.3, 0.4) is 0 Å². The van der Waals surface area contributed by atoms with Crippen molar-refractivity contribution in [3.63, 3.8) is 0 Å². The molecule has 5 rings (SSSR count). The minimum atomic E-state index is 0.854. The highest BCUT2D eigenvalue weighted by Crippen LogP contribution is 2.32. The average Bonchev–Trinajstić information content (AvgIpc) is 3.22. The summed E-state index contributed by atoms with van der Waals surface area (Å²) in [4.78, 5) is 9.84. The minimum Gasteiger partial charge on any atom is -0.294 e. The number of rotatable bonds is 3. The lowest BCUT2D eigenvalue weighted by Crippen LogP contribution is -2.29. The first-order chi connectivity index (χ1) is 12.8. The highest BCUT2D eigenvalue weighted by atomic mass is 35.5. The standard InChI is InChI=1S/C21H18ClN3S/c22-17-9-5-4-8-16(17)12-24-11-10-19-20(14-24)26-21-23-18(13-25(19)21)15-6-2-1-3-7-15/h1-9,13H,10-12,14H2. The van der Waals surface area contributed by atoms with Crippen molar-refractivity contribution in [2.75, 3.05) is 6.54 Å². The van der Waals surface area contributed by atoms with Gasteiger partial charge in [-0.2, -0.15) is 0 Å². The van der Waals surface area contributed by atoms with E-state index in [1.807, 2.05) is 29.5 Å². The van der Waals surface area contributed by atoms with Gasteiger partial charge >= 0.3 is 0 Å². The second kappa shape index (κ2) is 6.54. The van der Waals surface area contributed by atoms with Gasteiger partial charge < -0.3 is 0 Å². The molecular formula is C21H18ClN3S. The van der Waals surface area contributed by atoms with Gasteiger partial charge in [-0.05, 0) is 11.6 Å². The number of aromatic nitrogens is 2. The third-order valence-electron chi connectivity index (χ3n) is 4.95. The van der Waals surface area contributed by atoms with Gasteiger partial charge in [-0.3, -0.25) is 9.30 Å². The zero-order chi connectivity index (χ0) is 17.5. The van der Waals surface area contributed by atoms with Crippen LogP contribution in [0.25, 0.3) is 16.2 Å². The molecule has 5 heteroatoms. The first-order valence-corrected chi connectivity index (χ1v) is 9.98. The molecule has 1 aliphatic rings. The van der Waals surface area contributed by atoms with Crippen LogP contribution in [0.5, 0.6) is 0 Å². The quantitative estimate of drug-likeness (QED) is 0.483. The Hall–Kier alpha value is -2.14. The van der Waals surface area contributed by atoms with Gasteiger partial charge in [-0.15, -0.1) is 0 Å². The predicted molar refractivity (Wildman–Crippen MR) is 108 cm³/mol. The molecule has 4 aromatic rings. The molecule has 2 aromatic heterocycles. The maximum atomic E-state index is 6.33. The van der Waals surface area contributed by atoms with Crippen LogP contribution in [0.1, 0.15) is 16.1 Å². The Labute approximate surface area is 161 Å². The molecule has 0 saturated heterocycles. The number of halogens is 1. The van der Waals surface area contributed by atoms with Crippen LogP contribution in [0.2, 0.25) is 5.02 Å². The van der Waals surface area contributed by atoms with E-state index in [0.29, 0.717) is 0 Å². The Morgan fingerprint density at radius 3 is 2.69 bits per heavy atom. The Kier molecular flexibility index (Phi) is 4.04. The second-order valence-electron chi connectivity index (χ2n) is 6.67. The van der Waals surface area contributed by atoms with E-state index in [-0.39, 0.29) is 0 Å². The fraction of sp³-hybridized carbons (Fsp3) is 0.190. The smallest absolute Gasteiger partial charge is 0.194 e. The van der Waals surface area contributed by atoms with E-state index < -0.39 is 0 Å². The van der Waals surface area contributed by atoms with Crippen molar-refractivity contribution >= 4 is 27.9 Å². The van der Waals surface area contributed by atoms with Crippen molar-refractivity contribution < 1.29 is 0 Å². The van der Waals surface area contributed by atoms with Crippen LogP contribution in [0.15, 0.2) is 60.8 Å². The number of hydrogen-bond donors (Lipinski definition) is 0. The zero-order valence-corrected chi connectivity index (χ0v) is 15.8. The van der Waals surface area contributed by atoms with E-state index in [9.17, 15) is 0 Å². The normalized spacial score (nSPS) is 14.7. The van der Waals surface area contributed by atoms with E-state index in [4.69, 9.17) is 16.6 Å². The van der Waals surface area contributed by atoms with Crippen molar-refractivity contribution in [3.8, 4) is 11.3 Å². The second-order valence-corrected chi connectivity index (χ2v) is 8.14. The number of imidazole rings is 1. The first kappa shape index (κ1) is 16.1. The molecule has 0 atom stereocenters. The summed E-state index contributed by atoms with van der Waals surface area (Å²) in [5.74, 6) is 0. The van der Waals surface area contributed by atoms with Gasteiger partial charge in [0.2, 0.25) is 0 Å². The Morgan fingerprint density at radius 1 is 1.04 bits per heavy atom. The topological polar surface area (TPSA) is 20.5 Å². The molecule has 3 heterocycles. The molecule has 0 unspecified atom stereocenters. The van der Waals surface area contributed by atoms with Crippen LogP contribution in [0, 0.1) is 0 Å². The van der Waals surface area contributed by atoms with E-state index in [0.717, 1.165) is 41.7 Å². The van der Waals surface area contributed by atoms with Crippen molar-refractivity contribution in [2.24, 2.45) is 0 Å². The molecule has 0 bridgehead atoms. The largest absolute Gasteiger partial charge is 0.294 e. The lowest BCUT2D eigenvalue weighted by molar-refractivity contribution is 0.246.